The summed E-state index contributed by atoms with van der Waals surface area (Å²) in [5, 5.41) is 9.82. The maximum absolute atomic E-state index is 13.3. The van der Waals surface area contributed by atoms with Crippen LogP contribution in [-0.2, 0) is 4.74 Å². The van der Waals surface area contributed by atoms with E-state index < -0.39 is 11.9 Å². The zero-order valence-electron chi connectivity index (χ0n) is 9.53. The van der Waals surface area contributed by atoms with Crippen LogP contribution in [-0.4, -0.2) is 18.3 Å². The van der Waals surface area contributed by atoms with Crippen LogP contribution >= 0.6 is 0 Å². The topological polar surface area (TPSA) is 81.5 Å². The van der Waals surface area contributed by atoms with Gasteiger partial charge in [0, 0.05) is 30.9 Å². The molecule has 0 amide bonds. The van der Waals surface area contributed by atoms with E-state index >= 15 is 0 Å². The quantitative estimate of drug-likeness (QED) is 0.541. The second-order valence-corrected chi connectivity index (χ2v) is 4.41. The number of ether oxygens (including phenoxy) is 1. The Balaban J connectivity index is 2.26. The number of phenolic OH excluding ortho intramolecular Hbond substituents is 1. The van der Waals surface area contributed by atoms with Crippen molar-refractivity contribution in [2.75, 3.05) is 18.9 Å². The second-order valence-electron chi connectivity index (χ2n) is 4.41. The van der Waals surface area contributed by atoms with E-state index in [9.17, 15) is 9.50 Å². The van der Waals surface area contributed by atoms with Crippen LogP contribution in [0.2, 0.25) is 0 Å². The molecule has 1 aromatic carbocycles. The molecule has 0 bridgehead atoms. The molecule has 4 nitrogen and oxygen atoms in total. The molecule has 0 aliphatic carbocycles. The summed E-state index contributed by atoms with van der Waals surface area (Å²) in [6, 6.07) is 1.94. The van der Waals surface area contributed by atoms with Crippen molar-refractivity contribution < 1.29 is 14.2 Å². The van der Waals surface area contributed by atoms with Crippen molar-refractivity contribution in [3.63, 3.8) is 0 Å². The highest BCUT2D eigenvalue weighted by Crippen LogP contribution is 2.36. The maximum atomic E-state index is 13.3. The third kappa shape index (κ3) is 2.50. The number of rotatable bonds is 2. The fourth-order valence-electron chi connectivity index (χ4n) is 2.23. The Morgan fingerprint density at radius 3 is 2.65 bits per heavy atom. The molecule has 17 heavy (non-hydrogen) atoms. The molecular weight excluding hydrogens is 223 g/mol. The predicted molar refractivity (Wildman–Crippen MR) is 62.9 cm³/mol. The molecule has 1 fully saturated rings. The van der Waals surface area contributed by atoms with Gasteiger partial charge in [-0.25, -0.2) is 4.39 Å². The average molecular weight is 240 g/mol. The first-order chi connectivity index (χ1) is 8.09. The lowest BCUT2D eigenvalue weighted by Gasteiger charge is -2.28. The first-order valence-corrected chi connectivity index (χ1v) is 5.71. The SMILES string of the molecule is Nc1cc(F)cc([C@@H](N)C2CCOCC2)c1O. The number of nitrogens with two attached hydrogens (primary N) is 2. The van der Waals surface area contributed by atoms with Gasteiger partial charge in [-0.2, -0.15) is 0 Å². The number of benzene rings is 1. The molecule has 0 radical (unpaired) electrons. The monoisotopic (exact) mass is 240 g/mol. The van der Waals surface area contributed by atoms with Gasteiger partial charge in [0.25, 0.3) is 0 Å². The minimum atomic E-state index is -0.474. The summed E-state index contributed by atoms with van der Waals surface area (Å²) in [4.78, 5) is 0. The molecule has 1 heterocycles. The fraction of sp³-hybridized carbons (Fsp3) is 0.500. The molecule has 1 aliphatic rings. The van der Waals surface area contributed by atoms with Crippen LogP contribution in [0.25, 0.3) is 0 Å². The molecule has 0 saturated carbocycles. The Morgan fingerprint density at radius 1 is 1.35 bits per heavy atom. The lowest BCUT2D eigenvalue weighted by molar-refractivity contribution is 0.0581. The molecule has 94 valence electrons. The third-order valence-electron chi connectivity index (χ3n) is 3.27. The number of nitrogen functional groups attached to an aromatic ring is 1. The van der Waals surface area contributed by atoms with Crippen molar-refractivity contribution in [2.45, 2.75) is 18.9 Å². The number of aromatic hydroxyl groups is 1. The van der Waals surface area contributed by atoms with Gasteiger partial charge < -0.3 is 21.3 Å². The lowest BCUT2D eigenvalue weighted by Crippen LogP contribution is -2.27. The van der Waals surface area contributed by atoms with E-state index in [2.05, 4.69) is 0 Å². The highest BCUT2D eigenvalue weighted by molar-refractivity contribution is 5.57. The van der Waals surface area contributed by atoms with Crippen molar-refractivity contribution in [3.05, 3.63) is 23.5 Å². The Bertz CT molecular complexity index is 406. The number of anilines is 1. The summed E-state index contributed by atoms with van der Waals surface area (Å²) < 4.78 is 18.5. The van der Waals surface area contributed by atoms with Gasteiger partial charge in [0.15, 0.2) is 0 Å². The summed E-state index contributed by atoms with van der Waals surface area (Å²) in [5.41, 5.74) is 12.0. The first-order valence-electron chi connectivity index (χ1n) is 5.71. The van der Waals surface area contributed by atoms with Crippen molar-refractivity contribution in [3.8, 4) is 5.75 Å². The van der Waals surface area contributed by atoms with Crippen LogP contribution < -0.4 is 11.5 Å². The zero-order chi connectivity index (χ0) is 12.4. The van der Waals surface area contributed by atoms with Crippen molar-refractivity contribution in [2.24, 2.45) is 11.7 Å². The summed E-state index contributed by atoms with van der Waals surface area (Å²) in [7, 11) is 0. The summed E-state index contributed by atoms with van der Waals surface area (Å²) >= 11 is 0. The Kier molecular flexibility index (Phi) is 3.49. The maximum Gasteiger partial charge on any atom is 0.143 e. The average Bonchev–Trinajstić information content (AvgIpc) is 2.34. The van der Waals surface area contributed by atoms with Gasteiger partial charge in [0.2, 0.25) is 0 Å². The fourth-order valence-corrected chi connectivity index (χ4v) is 2.23. The van der Waals surface area contributed by atoms with Gasteiger partial charge in [-0.3, -0.25) is 0 Å². The number of hydrogen-bond acceptors (Lipinski definition) is 4. The molecule has 1 aromatic rings. The van der Waals surface area contributed by atoms with Crippen molar-refractivity contribution in [1.29, 1.82) is 0 Å². The zero-order valence-corrected chi connectivity index (χ0v) is 9.53. The number of hydrogen-bond donors (Lipinski definition) is 3. The predicted octanol–water partition coefficient (Wildman–Crippen LogP) is 1.54. The van der Waals surface area contributed by atoms with Crippen LogP contribution in [0.5, 0.6) is 5.75 Å². The summed E-state index contributed by atoms with van der Waals surface area (Å²) in [6.45, 7) is 1.31. The Morgan fingerprint density at radius 2 is 2.00 bits per heavy atom. The minimum absolute atomic E-state index is 0.0301. The van der Waals surface area contributed by atoms with E-state index in [1.807, 2.05) is 0 Å². The van der Waals surface area contributed by atoms with E-state index in [1.165, 1.54) is 6.07 Å². The van der Waals surface area contributed by atoms with Gasteiger partial charge in [0.1, 0.15) is 11.6 Å². The molecule has 1 aliphatic heterocycles. The first kappa shape index (κ1) is 12.1. The molecule has 0 spiro atoms. The summed E-state index contributed by atoms with van der Waals surface area (Å²) in [5.74, 6) is -0.390. The number of phenols is 1. The lowest BCUT2D eigenvalue weighted by atomic mass is 9.87. The van der Waals surface area contributed by atoms with Crippen molar-refractivity contribution in [1.82, 2.24) is 0 Å². The smallest absolute Gasteiger partial charge is 0.143 e. The van der Waals surface area contributed by atoms with Crippen LogP contribution in [0, 0.1) is 11.7 Å². The molecule has 5 N–H and O–H groups in total. The van der Waals surface area contributed by atoms with E-state index in [4.69, 9.17) is 16.2 Å². The molecule has 2 rings (SSSR count). The van der Waals surface area contributed by atoms with Gasteiger partial charge >= 0.3 is 0 Å². The van der Waals surface area contributed by atoms with Gasteiger partial charge in [-0.15, -0.1) is 0 Å². The minimum Gasteiger partial charge on any atom is -0.505 e. The molecule has 0 aromatic heterocycles. The van der Waals surface area contributed by atoms with Crippen LogP contribution in [0.1, 0.15) is 24.4 Å². The molecule has 5 heteroatoms. The summed E-state index contributed by atoms with van der Waals surface area (Å²) in [6.07, 6.45) is 1.63. The number of halogens is 1. The van der Waals surface area contributed by atoms with Crippen molar-refractivity contribution >= 4 is 5.69 Å². The van der Waals surface area contributed by atoms with E-state index in [1.54, 1.807) is 0 Å². The van der Waals surface area contributed by atoms with E-state index in [0.29, 0.717) is 18.8 Å². The molecule has 1 saturated heterocycles. The van der Waals surface area contributed by atoms with Gasteiger partial charge in [-0.05, 0) is 24.8 Å². The van der Waals surface area contributed by atoms with Crippen LogP contribution in [0.3, 0.4) is 0 Å². The molecular formula is C12H17FN2O2. The van der Waals surface area contributed by atoms with Gasteiger partial charge in [-0.1, -0.05) is 0 Å². The highest BCUT2D eigenvalue weighted by Gasteiger charge is 2.25. The van der Waals surface area contributed by atoms with Crippen LogP contribution in [0.15, 0.2) is 12.1 Å². The Hall–Kier alpha value is -1.33. The van der Waals surface area contributed by atoms with E-state index in [0.717, 1.165) is 18.9 Å². The third-order valence-corrected chi connectivity index (χ3v) is 3.27. The highest BCUT2D eigenvalue weighted by atomic mass is 19.1. The van der Waals surface area contributed by atoms with Gasteiger partial charge in [0.05, 0.1) is 5.69 Å². The van der Waals surface area contributed by atoms with Crippen LogP contribution in [0.4, 0.5) is 10.1 Å². The molecule has 1 atom stereocenters. The Labute approximate surface area is 99.4 Å². The normalized spacial score (nSPS) is 19.2. The largest absolute Gasteiger partial charge is 0.505 e. The van der Waals surface area contributed by atoms with E-state index in [-0.39, 0.29) is 17.4 Å². The second kappa shape index (κ2) is 4.89. The standard InChI is InChI=1S/C12H17FN2O2/c13-8-5-9(12(16)10(14)6-8)11(15)7-1-3-17-4-2-7/h5-7,11,16H,1-4,14-15H2/t11-/m0/s1. The molecule has 0 unspecified atom stereocenters.